The summed E-state index contributed by atoms with van der Waals surface area (Å²) >= 11 is 0. The quantitative estimate of drug-likeness (QED) is 0.589. The van der Waals surface area contributed by atoms with Gasteiger partial charge in [-0.05, 0) is 37.1 Å². The van der Waals surface area contributed by atoms with E-state index in [0.717, 1.165) is 37.2 Å². The molecule has 0 bridgehead atoms. The lowest BCUT2D eigenvalue weighted by molar-refractivity contribution is 0.456. The van der Waals surface area contributed by atoms with Gasteiger partial charge in [0.2, 0.25) is 0 Å². The van der Waals surface area contributed by atoms with Gasteiger partial charge in [-0.15, -0.1) is 0 Å². The van der Waals surface area contributed by atoms with E-state index in [4.69, 9.17) is 5.73 Å². The van der Waals surface area contributed by atoms with E-state index in [1.165, 1.54) is 0 Å². The normalized spacial score (nSPS) is 14.2. The fourth-order valence-electron chi connectivity index (χ4n) is 2.00. The highest BCUT2D eigenvalue weighted by Crippen LogP contribution is 2.20. The standard InChI is InChI=1S/C15H27N3OS/c1-4-7-12-17-20(19,18(6-3)13-5-2)15-10-8-14(16)9-11-15/h8-11H,4-7,12-13,16H2,1-3H3. The molecule has 4 nitrogen and oxygen atoms in total. The summed E-state index contributed by atoms with van der Waals surface area (Å²) < 4.78 is 19.9. The van der Waals surface area contributed by atoms with Crippen molar-refractivity contribution in [2.45, 2.75) is 44.9 Å². The van der Waals surface area contributed by atoms with Gasteiger partial charge in [0, 0.05) is 25.3 Å². The van der Waals surface area contributed by atoms with Crippen molar-refractivity contribution in [2.75, 3.05) is 25.4 Å². The van der Waals surface area contributed by atoms with Crippen molar-refractivity contribution in [3.63, 3.8) is 0 Å². The lowest BCUT2D eigenvalue weighted by Crippen LogP contribution is -2.31. The number of anilines is 1. The Morgan fingerprint density at radius 3 is 2.30 bits per heavy atom. The van der Waals surface area contributed by atoms with E-state index in [1.807, 2.05) is 23.4 Å². The number of nitrogens with zero attached hydrogens (tertiary/aromatic N) is 2. The zero-order valence-corrected chi connectivity index (χ0v) is 13.7. The van der Waals surface area contributed by atoms with Crippen molar-refractivity contribution in [1.29, 1.82) is 0 Å². The fraction of sp³-hybridized carbons (Fsp3) is 0.600. The molecule has 0 amide bonds. The number of hydrogen-bond acceptors (Lipinski definition) is 3. The minimum Gasteiger partial charge on any atom is -0.399 e. The van der Waals surface area contributed by atoms with Crippen LogP contribution in [0.1, 0.15) is 40.0 Å². The van der Waals surface area contributed by atoms with Crippen LogP contribution in [0.2, 0.25) is 0 Å². The van der Waals surface area contributed by atoms with E-state index < -0.39 is 9.92 Å². The molecule has 0 fully saturated rings. The second-order valence-corrected chi connectivity index (χ2v) is 7.03. The number of benzene rings is 1. The van der Waals surface area contributed by atoms with Crippen LogP contribution in [-0.4, -0.2) is 28.1 Å². The molecule has 1 atom stereocenters. The number of nitrogens with two attached hydrogens (primary N) is 1. The maximum Gasteiger partial charge on any atom is 0.139 e. The van der Waals surface area contributed by atoms with E-state index in [1.54, 1.807) is 12.1 Å². The smallest absolute Gasteiger partial charge is 0.139 e. The molecule has 20 heavy (non-hydrogen) atoms. The minimum atomic E-state index is -2.51. The van der Waals surface area contributed by atoms with Crippen LogP contribution in [0.3, 0.4) is 0 Å². The van der Waals surface area contributed by atoms with Gasteiger partial charge in [-0.1, -0.05) is 27.2 Å². The summed E-state index contributed by atoms with van der Waals surface area (Å²) in [7, 11) is -2.51. The Morgan fingerprint density at radius 1 is 1.15 bits per heavy atom. The number of unbranched alkanes of at least 4 members (excludes halogenated alkanes) is 1. The average Bonchev–Trinajstić information content (AvgIpc) is 2.45. The van der Waals surface area contributed by atoms with Gasteiger partial charge in [-0.3, -0.25) is 0 Å². The molecular formula is C15H27N3OS. The molecule has 0 aliphatic rings. The second kappa shape index (κ2) is 8.27. The molecule has 0 saturated heterocycles. The molecule has 0 aliphatic heterocycles. The van der Waals surface area contributed by atoms with E-state index >= 15 is 0 Å². The van der Waals surface area contributed by atoms with Crippen LogP contribution in [0, 0.1) is 0 Å². The molecule has 0 spiro atoms. The largest absolute Gasteiger partial charge is 0.399 e. The molecule has 0 aromatic heterocycles. The Morgan fingerprint density at radius 2 is 1.80 bits per heavy atom. The summed E-state index contributed by atoms with van der Waals surface area (Å²) in [6, 6.07) is 7.27. The molecule has 1 rings (SSSR count). The summed E-state index contributed by atoms with van der Waals surface area (Å²) in [5.74, 6) is 0. The Labute approximate surface area is 123 Å². The van der Waals surface area contributed by atoms with Crippen LogP contribution in [0.4, 0.5) is 5.69 Å². The number of rotatable bonds is 8. The van der Waals surface area contributed by atoms with Crippen molar-refractivity contribution in [1.82, 2.24) is 4.31 Å². The number of nitrogen functional groups attached to an aromatic ring is 1. The molecular weight excluding hydrogens is 270 g/mol. The van der Waals surface area contributed by atoms with Gasteiger partial charge in [0.25, 0.3) is 0 Å². The van der Waals surface area contributed by atoms with E-state index in [2.05, 4.69) is 18.2 Å². The summed E-state index contributed by atoms with van der Waals surface area (Å²) in [6.45, 7) is 8.39. The van der Waals surface area contributed by atoms with E-state index in [0.29, 0.717) is 12.2 Å². The topological polar surface area (TPSA) is 58.7 Å². The molecule has 0 heterocycles. The van der Waals surface area contributed by atoms with Crippen LogP contribution in [0.5, 0.6) is 0 Å². The Balaban J connectivity index is 3.21. The van der Waals surface area contributed by atoms with Gasteiger partial charge < -0.3 is 5.73 Å². The second-order valence-electron chi connectivity index (χ2n) is 4.79. The predicted octanol–water partition coefficient (Wildman–Crippen LogP) is 3.54. The van der Waals surface area contributed by atoms with Crippen molar-refractivity contribution in [3.8, 4) is 0 Å². The van der Waals surface area contributed by atoms with Crippen molar-refractivity contribution in [2.24, 2.45) is 4.36 Å². The molecule has 1 aromatic carbocycles. The van der Waals surface area contributed by atoms with Crippen LogP contribution in [-0.2, 0) is 9.92 Å². The first-order chi connectivity index (χ1) is 9.58. The van der Waals surface area contributed by atoms with Crippen molar-refractivity contribution < 1.29 is 4.21 Å². The average molecular weight is 297 g/mol. The highest BCUT2D eigenvalue weighted by atomic mass is 32.2. The van der Waals surface area contributed by atoms with Gasteiger partial charge in [-0.25, -0.2) is 12.9 Å². The maximum atomic E-state index is 13.4. The maximum absolute atomic E-state index is 13.4. The van der Waals surface area contributed by atoms with E-state index in [-0.39, 0.29) is 0 Å². The first-order valence-electron chi connectivity index (χ1n) is 7.42. The van der Waals surface area contributed by atoms with Crippen LogP contribution >= 0.6 is 0 Å². The molecule has 2 N–H and O–H groups in total. The Kier molecular flexibility index (Phi) is 7.02. The van der Waals surface area contributed by atoms with Crippen molar-refractivity contribution in [3.05, 3.63) is 24.3 Å². The molecule has 1 unspecified atom stereocenters. The lowest BCUT2D eigenvalue weighted by Gasteiger charge is -2.24. The first kappa shape index (κ1) is 17.0. The lowest BCUT2D eigenvalue weighted by atomic mass is 10.3. The third-order valence-electron chi connectivity index (χ3n) is 3.14. The summed E-state index contributed by atoms with van der Waals surface area (Å²) in [5, 5.41) is 0. The Bertz CT molecular complexity index is 504. The minimum absolute atomic E-state index is 0.639. The fourth-order valence-corrected chi connectivity index (χ4v) is 4.26. The molecule has 114 valence electrons. The molecule has 1 aromatic rings. The van der Waals surface area contributed by atoms with Gasteiger partial charge >= 0.3 is 0 Å². The molecule has 0 saturated carbocycles. The summed E-state index contributed by atoms with van der Waals surface area (Å²) in [4.78, 5) is 0.762. The van der Waals surface area contributed by atoms with Crippen LogP contribution < -0.4 is 5.73 Å². The summed E-state index contributed by atoms with van der Waals surface area (Å²) in [5.41, 5.74) is 6.40. The van der Waals surface area contributed by atoms with Crippen molar-refractivity contribution >= 4 is 15.6 Å². The SMILES string of the molecule is CCCCN=S(=O)(c1ccc(N)cc1)N(CC)CCC. The molecule has 0 radical (unpaired) electrons. The Hall–Kier alpha value is -1.07. The number of hydrogen-bond donors (Lipinski definition) is 1. The zero-order valence-electron chi connectivity index (χ0n) is 12.8. The van der Waals surface area contributed by atoms with E-state index in [9.17, 15) is 4.21 Å². The molecule has 0 aliphatic carbocycles. The molecule has 5 heteroatoms. The van der Waals surface area contributed by atoms with Crippen LogP contribution in [0.15, 0.2) is 33.5 Å². The van der Waals surface area contributed by atoms with Crippen LogP contribution in [0.25, 0.3) is 0 Å². The van der Waals surface area contributed by atoms with Gasteiger partial charge in [0.05, 0.1) is 4.90 Å². The highest BCUT2D eigenvalue weighted by molar-refractivity contribution is 7.91. The van der Waals surface area contributed by atoms with Gasteiger partial charge in [-0.2, -0.15) is 0 Å². The van der Waals surface area contributed by atoms with Gasteiger partial charge in [0.1, 0.15) is 9.92 Å². The third kappa shape index (κ3) is 4.21. The summed E-state index contributed by atoms with van der Waals surface area (Å²) in [6.07, 6.45) is 2.99. The van der Waals surface area contributed by atoms with Gasteiger partial charge in [0.15, 0.2) is 0 Å². The predicted molar refractivity (Wildman–Crippen MR) is 87.0 cm³/mol. The highest BCUT2D eigenvalue weighted by Gasteiger charge is 2.20. The zero-order chi connectivity index (χ0) is 15.0. The first-order valence-corrected chi connectivity index (χ1v) is 8.89. The third-order valence-corrected chi connectivity index (χ3v) is 5.70. The monoisotopic (exact) mass is 297 g/mol.